The van der Waals surface area contributed by atoms with Crippen LogP contribution in [-0.2, 0) is 11.2 Å². The number of halogens is 2. The molecular formula is C15H24Cl2N4O. The Labute approximate surface area is 143 Å². The van der Waals surface area contributed by atoms with Crippen molar-refractivity contribution in [1.29, 1.82) is 5.41 Å². The van der Waals surface area contributed by atoms with Gasteiger partial charge in [-0.15, -0.1) is 24.8 Å². The first-order chi connectivity index (χ1) is 9.58. The van der Waals surface area contributed by atoms with Gasteiger partial charge in [-0.2, -0.15) is 0 Å². The fourth-order valence-electron chi connectivity index (χ4n) is 2.51. The molecule has 0 saturated carbocycles. The molecule has 1 aromatic carbocycles. The number of carbonyl (C=O) groups excluding carboxylic acids is 1. The van der Waals surface area contributed by atoms with Crippen LogP contribution in [0, 0.1) is 5.41 Å². The van der Waals surface area contributed by atoms with Crippen LogP contribution < -0.4 is 11.5 Å². The third-order valence-electron chi connectivity index (χ3n) is 3.71. The number of hydrogen-bond acceptors (Lipinski definition) is 3. The number of nitrogens with two attached hydrogens (primary N) is 2. The highest BCUT2D eigenvalue weighted by atomic mass is 35.5. The maximum Gasteiger partial charge on any atom is 0.239 e. The molecule has 7 heteroatoms. The minimum Gasteiger partial charge on any atom is -0.384 e. The minimum atomic E-state index is -0.490. The van der Waals surface area contributed by atoms with E-state index in [-0.39, 0.29) is 36.6 Å². The molecule has 5 nitrogen and oxygen atoms in total. The van der Waals surface area contributed by atoms with Crippen LogP contribution in [0.25, 0.3) is 0 Å². The van der Waals surface area contributed by atoms with Crippen molar-refractivity contribution in [3.63, 3.8) is 0 Å². The van der Waals surface area contributed by atoms with Crippen LogP contribution in [0.2, 0.25) is 0 Å². The maximum absolute atomic E-state index is 12.2. The molecule has 124 valence electrons. The molecule has 1 atom stereocenters. The summed E-state index contributed by atoms with van der Waals surface area (Å²) in [4.78, 5) is 14.1. The summed E-state index contributed by atoms with van der Waals surface area (Å²) in [5.41, 5.74) is 13.1. The smallest absolute Gasteiger partial charge is 0.239 e. The second kappa shape index (κ2) is 9.66. The standard InChI is InChI=1S/C15H22N4O.2ClH/c16-13(15(20)19-8-2-1-3-9-19)10-11-4-6-12(7-5-11)14(17)18;;/h4-7,13H,1-3,8-10,16H2,(H3,17,18);2*1H/t13-;;/m0../s1. The number of nitrogens with one attached hydrogen (secondary N) is 1. The van der Waals surface area contributed by atoms with Crippen molar-refractivity contribution < 1.29 is 4.79 Å². The van der Waals surface area contributed by atoms with Gasteiger partial charge in [0.2, 0.25) is 5.91 Å². The van der Waals surface area contributed by atoms with Crippen molar-refractivity contribution in [3.8, 4) is 0 Å². The topological polar surface area (TPSA) is 96.2 Å². The quantitative estimate of drug-likeness (QED) is 0.571. The molecular weight excluding hydrogens is 323 g/mol. The number of nitrogens with zero attached hydrogens (tertiary/aromatic N) is 1. The zero-order valence-electron chi connectivity index (χ0n) is 12.5. The number of nitrogen functional groups attached to an aromatic ring is 1. The molecule has 0 aliphatic carbocycles. The Balaban J connectivity index is 0.00000220. The molecule has 0 bridgehead atoms. The molecule has 1 aliphatic rings. The largest absolute Gasteiger partial charge is 0.384 e. The van der Waals surface area contributed by atoms with E-state index in [1.54, 1.807) is 12.1 Å². The molecule has 1 aliphatic heterocycles. The fraction of sp³-hybridized carbons (Fsp3) is 0.467. The van der Waals surface area contributed by atoms with Crippen molar-refractivity contribution in [1.82, 2.24) is 4.90 Å². The summed E-state index contributed by atoms with van der Waals surface area (Å²) in [5, 5.41) is 7.34. The van der Waals surface area contributed by atoms with Gasteiger partial charge in [-0.3, -0.25) is 10.2 Å². The number of likely N-dealkylation sites (tertiary alicyclic amines) is 1. The molecule has 1 saturated heterocycles. The molecule has 1 fully saturated rings. The van der Waals surface area contributed by atoms with E-state index in [1.165, 1.54) is 6.42 Å². The van der Waals surface area contributed by atoms with Crippen LogP contribution in [0.3, 0.4) is 0 Å². The van der Waals surface area contributed by atoms with Gasteiger partial charge < -0.3 is 16.4 Å². The van der Waals surface area contributed by atoms with Gasteiger partial charge in [0.25, 0.3) is 0 Å². The lowest BCUT2D eigenvalue weighted by atomic mass is 10.0. The van der Waals surface area contributed by atoms with Gasteiger partial charge in [-0.1, -0.05) is 24.3 Å². The summed E-state index contributed by atoms with van der Waals surface area (Å²) in [6.45, 7) is 1.66. The van der Waals surface area contributed by atoms with E-state index in [1.807, 2.05) is 17.0 Å². The lowest BCUT2D eigenvalue weighted by Gasteiger charge is -2.29. The third kappa shape index (κ3) is 5.48. The summed E-state index contributed by atoms with van der Waals surface area (Å²) < 4.78 is 0. The molecule has 1 heterocycles. The van der Waals surface area contributed by atoms with Crippen LogP contribution in [0.4, 0.5) is 0 Å². The van der Waals surface area contributed by atoms with E-state index < -0.39 is 6.04 Å². The van der Waals surface area contributed by atoms with E-state index in [0.717, 1.165) is 31.5 Å². The SMILES string of the molecule is Cl.Cl.N=C(N)c1ccc(C[C@H](N)C(=O)N2CCCCC2)cc1. The van der Waals surface area contributed by atoms with Crippen molar-refractivity contribution in [2.45, 2.75) is 31.7 Å². The molecule has 1 aromatic rings. The minimum absolute atomic E-state index is 0. The molecule has 0 spiro atoms. The molecule has 22 heavy (non-hydrogen) atoms. The normalized spacial score (nSPS) is 15.2. The Morgan fingerprint density at radius 1 is 1.14 bits per heavy atom. The Morgan fingerprint density at radius 2 is 1.68 bits per heavy atom. The lowest BCUT2D eigenvalue weighted by Crippen LogP contribution is -2.46. The molecule has 1 amide bonds. The van der Waals surface area contributed by atoms with Gasteiger partial charge in [0, 0.05) is 18.7 Å². The number of amidine groups is 1. The maximum atomic E-state index is 12.2. The Morgan fingerprint density at radius 3 is 2.18 bits per heavy atom. The molecule has 5 N–H and O–H groups in total. The second-order valence-corrected chi connectivity index (χ2v) is 5.31. The van der Waals surface area contributed by atoms with E-state index in [2.05, 4.69) is 0 Å². The van der Waals surface area contributed by atoms with E-state index in [0.29, 0.717) is 12.0 Å². The third-order valence-corrected chi connectivity index (χ3v) is 3.71. The van der Waals surface area contributed by atoms with Crippen molar-refractivity contribution in [3.05, 3.63) is 35.4 Å². The Bertz CT molecular complexity index is 487. The van der Waals surface area contributed by atoms with Crippen LogP contribution in [-0.4, -0.2) is 35.8 Å². The number of rotatable bonds is 4. The van der Waals surface area contributed by atoms with Crippen LogP contribution in [0.5, 0.6) is 0 Å². The monoisotopic (exact) mass is 346 g/mol. The lowest BCUT2D eigenvalue weighted by molar-refractivity contribution is -0.133. The predicted molar refractivity (Wildman–Crippen MR) is 94.1 cm³/mol. The Hall–Kier alpha value is -1.30. The van der Waals surface area contributed by atoms with Gasteiger partial charge in [0.05, 0.1) is 6.04 Å². The average Bonchev–Trinajstić information content (AvgIpc) is 2.48. The number of carbonyl (C=O) groups is 1. The predicted octanol–water partition coefficient (Wildman–Crippen LogP) is 1.70. The number of hydrogen-bond donors (Lipinski definition) is 3. The molecule has 0 aromatic heterocycles. The van der Waals surface area contributed by atoms with Gasteiger partial charge in [-0.05, 0) is 31.2 Å². The molecule has 2 rings (SSSR count). The first-order valence-electron chi connectivity index (χ1n) is 7.05. The first-order valence-corrected chi connectivity index (χ1v) is 7.05. The zero-order chi connectivity index (χ0) is 14.5. The number of amides is 1. The van der Waals surface area contributed by atoms with Crippen molar-refractivity contribution >= 4 is 36.6 Å². The number of benzene rings is 1. The highest BCUT2D eigenvalue weighted by Gasteiger charge is 2.22. The van der Waals surface area contributed by atoms with Crippen LogP contribution in [0.1, 0.15) is 30.4 Å². The van der Waals surface area contributed by atoms with Gasteiger partial charge >= 0.3 is 0 Å². The Kier molecular flexibility index (Phi) is 9.09. The second-order valence-electron chi connectivity index (χ2n) is 5.31. The number of piperidine rings is 1. The zero-order valence-corrected chi connectivity index (χ0v) is 14.1. The highest BCUT2D eigenvalue weighted by Crippen LogP contribution is 2.12. The summed E-state index contributed by atoms with van der Waals surface area (Å²) in [6.07, 6.45) is 3.87. The van der Waals surface area contributed by atoms with Gasteiger partial charge in [-0.25, -0.2) is 0 Å². The van der Waals surface area contributed by atoms with E-state index in [9.17, 15) is 4.79 Å². The average molecular weight is 347 g/mol. The van der Waals surface area contributed by atoms with E-state index in [4.69, 9.17) is 16.9 Å². The van der Waals surface area contributed by atoms with Crippen LogP contribution >= 0.6 is 24.8 Å². The first kappa shape index (κ1) is 20.7. The summed E-state index contributed by atoms with van der Waals surface area (Å²) in [5.74, 6) is 0.0885. The van der Waals surface area contributed by atoms with Gasteiger partial charge in [0.15, 0.2) is 0 Å². The van der Waals surface area contributed by atoms with Crippen molar-refractivity contribution in [2.75, 3.05) is 13.1 Å². The summed E-state index contributed by atoms with van der Waals surface area (Å²) in [7, 11) is 0. The highest BCUT2D eigenvalue weighted by molar-refractivity contribution is 5.94. The molecule has 0 radical (unpaired) electrons. The fourth-order valence-corrected chi connectivity index (χ4v) is 2.51. The summed E-state index contributed by atoms with van der Waals surface area (Å²) in [6, 6.07) is 6.84. The van der Waals surface area contributed by atoms with E-state index >= 15 is 0 Å². The van der Waals surface area contributed by atoms with Gasteiger partial charge in [0.1, 0.15) is 5.84 Å². The van der Waals surface area contributed by atoms with Crippen molar-refractivity contribution in [2.24, 2.45) is 11.5 Å². The summed E-state index contributed by atoms with van der Waals surface area (Å²) >= 11 is 0. The van der Waals surface area contributed by atoms with Crippen LogP contribution in [0.15, 0.2) is 24.3 Å². The molecule has 0 unspecified atom stereocenters.